The first kappa shape index (κ1) is 21.8. The average Bonchev–Trinajstić information content (AvgIpc) is 2.82. The third-order valence-electron chi connectivity index (χ3n) is 5.62. The summed E-state index contributed by atoms with van der Waals surface area (Å²) in [5.41, 5.74) is 0.974. The topological polar surface area (TPSA) is 78.2 Å². The first-order chi connectivity index (χ1) is 15.7. The molecule has 32 heavy (non-hydrogen) atoms. The van der Waals surface area contributed by atoms with Crippen LogP contribution in [0.5, 0.6) is 5.75 Å². The van der Waals surface area contributed by atoms with Crippen molar-refractivity contribution in [3.05, 3.63) is 97.1 Å². The van der Waals surface area contributed by atoms with Crippen molar-refractivity contribution in [2.45, 2.75) is 25.7 Å². The molecule has 0 bridgehead atoms. The summed E-state index contributed by atoms with van der Waals surface area (Å²) in [6.45, 7) is 4.18. The number of H-pyrrole nitrogens is 2. The van der Waals surface area contributed by atoms with Gasteiger partial charge in [0.05, 0.1) is 6.61 Å². The van der Waals surface area contributed by atoms with Gasteiger partial charge in [-0.2, -0.15) is 0 Å². The Morgan fingerprint density at radius 1 is 0.781 bits per heavy atom. The maximum atomic E-state index is 12.5. The molecule has 0 unspecified atom stereocenters. The molecule has 1 aromatic heterocycles. The number of hydrogen-bond acceptors (Lipinski definition) is 4. The lowest BCUT2D eigenvalue weighted by Gasteiger charge is -2.26. The Morgan fingerprint density at radius 3 is 2.00 bits per heavy atom. The third-order valence-corrected chi connectivity index (χ3v) is 5.62. The Morgan fingerprint density at radius 2 is 1.38 bits per heavy atom. The van der Waals surface area contributed by atoms with Gasteiger partial charge in [-0.25, -0.2) is 0 Å². The molecule has 1 aliphatic heterocycles. The highest BCUT2D eigenvalue weighted by Crippen LogP contribution is 2.13. The van der Waals surface area contributed by atoms with Crippen LogP contribution in [0.25, 0.3) is 12.2 Å². The van der Waals surface area contributed by atoms with Gasteiger partial charge in [-0.05, 0) is 67.8 Å². The Hall–Kier alpha value is -3.38. The fraction of sp³-hybridized carbons (Fsp3) is 0.308. The predicted octanol–water partition coefficient (Wildman–Crippen LogP) is 1.98. The van der Waals surface area contributed by atoms with Crippen molar-refractivity contribution in [2.75, 3.05) is 26.2 Å². The summed E-state index contributed by atoms with van der Waals surface area (Å²) in [6.07, 6.45) is 8.29. The second kappa shape index (κ2) is 10.8. The van der Waals surface area contributed by atoms with Crippen molar-refractivity contribution in [1.82, 2.24) is 14.9 Å². The monoisotopic (exact) mass is 431 g/mol. The largest absolute Gasteiger partial charge is 0.494 e. The lowest BCUT2D eigenvalue weighted by Crippen LogP contribution is -2.46. The molecule has 2 heterocycles. The highest BCUT2D eigenvalue weighted by atomic mass is 16.5. The normalized spacial score (nSPS) is 15.8. The van der Waals surface area contributed by atoms with E-state index in [9.17, 15) is 9.59 Å². The lowest BCUT2D eigenvalue weighted by molar-refractivity contribution is 0.205. The summed E-state index contributed by atoms with van der Waals surface area (Å²) in [6, 6.07) is 16.9. The number of nitrogens with zero attached hydrogens (tertiary/aromatic N) is 1. The van der Waals surface area contributed by atoms with Crippen molar-refractivity contribution in [1.29, 1.82) is 0 Å². The third kappa shape index (κ3) is 6.08. The summed E-state index contributed by atoms with van der Waals surface area (Å²) < 4.78 is 5.85. The van der Waals surface area contributed by atoms with Gasteiger partial charge in [0.15, 0.2) is 0 Å². The minimum Gasteiger partial charge on any atom is -0.494 e. The number of ether oxygens (including phenoxy) is 1. The van der Waals surface area contributed by atoms with Gasteiger partial charge < -0.3 is 19.6 Å². The van der Waals surface area contributed by atoms with Crippen LogP contribution in [0.15, 0.2) is 64.2 Å². The SMILES string of the molecule is O=c1[nH]/c(=C\c2ccc(OCCCN3CCCCC3)cc2)c(=O)[nH]/c1=C\c1ccccc1. The van der Waals surface area contributed by atoms with Gasteiger partial charge in [0.25, 0.3) is 11.1 Å². The van der Waals surface area contributed by atoms with Crippen LogP contribution in [0, 0.1) is 0 Å². The number of rotatable bonds is 7. The molecular weight excluding hydrogens is 402 g/mol. The van der Waals surface area contributed by atoms with E-state index >= 15 is 0 Å². The predicted molar refractivity (Wildman–Crippen MR) is 127 cm³/mol. The molecule has 1 aliphatic rings. The van der Waals surface area contributed by atoms with Crippen LogP contribution >= 0.6 is 0 Å². The molecule has 3 aromatic rings. The molecule has 0 radical (unpaired) electrons. The summed E-state index contributed by atoms with van der Waals surface area (Å²) >= 11 is 0. The second-order valence-corrected chi connectivity index (χ2v) is 8.11. The van der Waals surface area contributed by atoms with Gasteiger partial charge >= 0.3 is 0 Å². The van der Waals surface area contributed by atoms with E-state index in [0.717, 1.165) is 29.8 Å². The molecule has 6 heteroatoms. The first-order valence-electron chi connectivity index (χ1n) is 11.2. The number of hydrogen-bond donors (Lipinski definition) is 2. The van der Waals surface area contributed by atoms with E-state index in [2.05, 4.69) is 14.9 Å². The fourth-order valence-electron chi connectivity index (χ4n) is 3.90. The molecule has 2 N–H and O–H groups in total. The van der Waals surface area contributed by atoms with Crippen molar-refractivity contribution in [2.24, 2.45) is 0 Å². The summed E-state index contributed by atoms with van der Waals surface area (Å²) in [4.78, 5) is 32.7. The standard InChI is InChI=1S/C26H29N3O3/c30-25-23(18-20-8-3-1-4-9-20)27-26(31)24(28-25)19-21-10-12-22(13-11-21)32-17-7-16-29-14-5-2-6-15-29/h1,3-4,8-13,18-19H,2,5-7,14-17H2,(H,27,31)(H,28,30)/b23-18-,24-19-. The van der Waals surface area contributed by atoms with E-state index in [0.29, 0.717) is 6.61 Å². The zero-order valence-corrected chi connectivity index (χ0v) is 18.2. The van der Waals surface area contributed by atoms with E-state index in [1.54, 1.807) is 12.2 Å². The Balaban J connectivity index is 1.40. The van der Waals surface area contributed by atoms with Gasteiger partial charge in [-0.3, -0.25) is 9.59 Å². The van der Waals surface area contributed by atoms with Gasteiger partial charge in [0.1, 0.15) is 16.4 Å². The summed E-state index contributed by atoms with van der Waals surface area (Å²) in [7, 11) is 0. The first-order valence-corrected chi connectivity index (χ1v) is 11.2. The van der Waals surface area contributed by atoms with Crippen LogP contribution in [-0.4, -0.2) is 41.1 Å². The van der Waals surface area contributed by atoms with Crippen LogP contribution in [-0.2, 0) is 0 Å². The molecule has 166 valence electrons. The zero-order valence-electron chi connectivity index (χ0n) is 18.2. The second-order valence-electron chi connectivity index (χ2n) is 8.11. The number of benzene rings is 2. The molecule has 0 spiro atoms. The maximum absolute atomic E-state index is 12.5. The van der Waals surface area contributed by atoms with Crippen molar-refractivity contribution < 1.29 is 4.74 Å². The van der Waals surface area contributed by atoms with E-state index in [1.807, 2.05) is 54.6 Å². The highest BCUT2D eigenvalue weighted by molar-refractivity contribution is 5.50. The molecule has 0 amide bonds. The van der Waals surface area contributed by atoms with Crippen LogP contribution in [0.1, 0.15) is 36.8 Å². The molecule has 1 fully saturated rings. The Bertz CT molecular complexity index is 1240. The fourth-order valence-corrected chi connectivity index (χ4v) is 3.90. The summed E-state index contributed by atoms with van der Waals surface area (Å²) in [5, 5.41) is 0.446. The number of likely N-dealkylation sites (tertiary alicyclic amines) is 1. The van der Waals surface area contributed by atoms with Gasteiger partial charge in [-0.1, -0.05) is 48.9 Å². The van der Waals surface area contributed by atoms with Crippen LogP contribution in [0.3, 0.4) is 0 Å². The van der Waals surface area contributed by atoms with E-state index in [1.165, 1.54) is 32.4 Å². The Labute approximate surface area is 186 Å². The van der Waals surface area contributed by atoms with Crippen molar-refractivity contribution in [3.8, 4) is 5.75 Å². The van der Waals surface area contributed by atoms with E-state index < -0.39 is 0 Å². The van der Waals surface area contributed by atoms with Crippen molar-refractivity contribution in [3.63, 3.8) is 0 Å². The van der Waals surface area contributed by atoms with Crippen LogP contribution in [0.4, 0.5) is 0 Å². The molecule has 4 rings (SSSR count). The quantitative estimate of drug-likeness (QED) is 0.561. The van der Waals surface area contributed by atoms with Gasteiger partial charge in [-0.15, -0.1) is 0 Å². The van der Waals surface area contributed by atoms with Crippen LogP contribution < -0.4 is 26.6 Å². The Kier molecular flexibility index (Phi) is 7.35. The smallest absolute Gasteiger partial charge is 0.272 e. The molecule has 6 nitrogen and oxygen atoms in total. The summed E-state index contributed by atoms with van der Waals surface area (Å²) in [5.74, 6) is 0.802. The maximum Gasteiger partial charge on any atom is 0.272 e. The molecule has 0 aliphatic carbocycles. The molecule has 1 saturated heterocycles. The molecule has 0 saturated carbocycles. The van der Waals surface area contributed by atoms with Crippen LogP contribution in [0.2, 0.25) is 0 Å². The highest BCUT2D eigenvalue weighted by Gasteiger charge is 2.09. The minimum absolute atomic E-state index is 0.218. The average molecular weight is 432 g/mol. The van der Waals surface area contributed by atoms with Gasteiger partial charge in [0.2, 0.25) is 0 Å². The number of piperidine rings is 1. The minimum atomic E-state index is -0.343. The zero-order chi connectivity index (χ0) is 22.2. The van der Waals surface area contributed by atoms with E-state index in [-0.39, 0.29) is 21.8 Å². The molecular formula is C26H29N3O3. The number of aromatic amines is 2. The molecule has 2 aromatic carbocycles. The molecule has 0 atom stereocenters. The number of nitrogens with one attached hydrogen (secondary N) is 2. The number of aromatic nitrogens is 2. The van der Waals surface area contributed by atoms with Crippen molar-refractivity contribution >= 4 is 12.2 Å². The van der Waals surface area contributed by atoms with Gasteiger partial charge in [0, 0.05) is 6.54 Å². The lowest BCUT2D eigenvalue weighted by atomic mass is 10.1. The van der Waals surface area contributed by atoms with E-state index in [4.69, 9.17) is 4.74 Å².